The van der Waals surface area contributed by atoms with Crippen LogP contribution in [0.3, 0.4) is 0 Å². The minimum absolute atomic E-state index is 0.237. The smallest absolute Gasteiger partial charge is 0.193 e. The van der Waals surface area contributed by atoms with Gasteiger partial charge in [0.2, 0.25) is 0 Å². The minimum atomic E-state index is 0.237. The maximum Gasteiger partial charge on any atom is 0.193 e. The van der Waals surface area contributed by atoms with Gasteiger partial charge < -0.3 is 5.32 Å². The van der Waals surface area contributed by atoms with Crippen LogP contribution in [0, 0.1) is 6.92 Å². The molecule has 0 spiro atoms. The molecule has 0 amide bonds. The van der Waals surface area contributed by atoms with E-state index in [-0.39, 0.29) is 6.04 Å². The Morgan fingerprint density at radius 3 is 2.95 bits per heavy atom. The summed E-state index contributed by atoms with van der Waals surface area (Å²) in [6.07, 6.45) is 6.14. The zero-order chi connectivity index (χ0) is 14.8. The van der Waals surface area contributed by atoms with Crippen LogP contribution in [0.15, 0.2) is 23.2 Å². The molecule has 3 heterocycles. The Morgan fingerprint density at radius 1 is 1.43 bits per heavy atom. The Morgan fingerprint density at radius 2 is 2.29 bits per heavy atom. The average Bonchev–Trinajstić information content (AvgIpc) is 3.12. The molecule has 21 heavy (non-hydrogen) atoms. The van der Waals surface area contributed by atoms with E-state index in [0.29, 0.717) is 0 Å². The second-order valence-electron chi connectivity index (χ2n) is 5.13. The number of nitrogens with zero attached hydrogens (tertiary/aromatic N) is 2. The molecule has 3 rings (SSSR count). The van der Waals surface area contributed by atoms with Gasteiger partial charge in [0.25, 0.3) is 0 Å². The third-order valence-electron chi connectivity index (χ3n) is 3.44. The molecule has 3 aromatic rings. The Kier molecular flexibility index (Phi) is 4.64. The van der Waals surface area contributed by atoms with E-state index in [2.05, 4.69) is 45.5 Å². The number of nitrogens with one attached hydrogen (secondary N) is 1. The van der Waals surface area contributed by atoms with Crippen LogP contribution in [-0.4, -0.2) is 15.9 Å². The number of aromatic nitrogens is 2. The van der Waals surface area contributed by atoms with Crippen LogP contribution in [0.4, 0.5) is 0 Å². The number of fused-ring (bicyclic) bond motifs is 1. The highest BCUT2D eigenvalue weighted by atomic mass is 35.5. The number of hydrogen-bond donors (Lipinski definition) is 1. The number of thiazole rings is 1. The highest BCUT2D eigenvalue weighted by Gasteiger charge is 2.19. The van der Waals surface area contributed by atoms with E-state index in [4.69, 9.17) is 11.6 Å². The summed E-state index contributed by atoms with van der Waals surface area (Å²) in [6.45, 7) is 5.23. The van der Waals surface area contributed by atoms with Gasteiger partial charge in [-0.3, -0.25) is 4.40 Å². The van der Waals surface area contributed by atoms with Crippen molar-refractivity contribution in [2.45, 2.75) is 32.7 Å². The summed E-state index contributed by atoms with van der Waals surface area (Å²) in [4.78, 5) is 6.96. The van der Waals surface area contributed by atoms with E-state index < -0.39 is 0 Å². The van der Waals surface area contributed by atoms with Crippen molar-refractivity contribution in [3.8, 4) is 0 Å². The van der Waals surface area contributed by atoms with Crippen molar-refractivity contribution in [2.75, 3.05) is 6.54 Å². The molecule has 0 radical (unpaired) electrons. The highest BCUT2D eigenvalue weighted by Crippen LogP contribution is 2.34. The number of rotatable bonds is 6. The van der Waals surface area contributed by atoms with Crippen LogP contribution in [0.25, 0.3) is 4.96 Å². The van der Waals surface area contributed by atoms with Gasteiger partial charge in [0, 0.05) is 35.1 Å². The minimum Gasteiger partial charge on any atom is -0.309 e. The first-order valence-corrected chi connectivity index (χ1v) is 9.20. The van der Waals surface area contributed by atoms with Crippen molar-refractivity contribution in [2.24, 2.45) is 0 Å². The molecule has 0 fully saturated rings. The van der Waals surface area contributed by atoms with Gasteiger partial charge in [-0.25, -0.2) is 4.98 Å². The zero-order valence-electron chi connectivity index (χ0n) is 12.1. The maximum absolute atomic E-state index is 6.45. The fourth-order valence-corrected chi connectivity index (χ4v) is 4.46. The van der Waals surface area contributed by atoms with Crippen molar-refractivity contribution in [3.05, 3.63) is 44.3 Å². The van der Waals surface area contributed by atoms with Gasteiger partial charge in [0.1, 0.15) is 0 Å². The summed E-state index contributed by atoms with van der Waals surface area (Å²) < 4.78 is 2.08. The van der Waals surface area contributed by atoms with Crippen LogP contribution in [0.5, 0.6) is 0 Å². The highest BCUT2D eigenvalue weighted by molar-refractivity contribution is 7.15. The van der Waals surface area contributed by atoms with Gasteiger partial charge in [-0.1, -0.05) is 18.5 Å². The van der Waals surface area contributed by atoms with Crippen LogP contribution in [-0.2, 0) is 6.42 Å². The van der Waals surface area contributed by atoms with Crippen LogP contribution in [0.2, 0.25) is 5.02 Å². The molecule has 0 saturated carbocycles. The van der Waals surface area contributed by atoms with E-state index in [1.165, 1.54) is 4.88 Å². The summed E-state index contributed by atoms with van der Waals surface area (Å²) >= 11 is 9.85. The topological polar surface area (TPSA) is 29.3 Å². The fraction of sp³-hybridized carbons (Fsp3) is 0.400. The second-order valence-corrected chi connectivity index (χ2v) is 7.30. The standard InChI is InChI=1S/C15H18ClN3S2/c1-3-4-17-12(14-13(16)10(2)9-21-14)7-11-8-19-5-6-20-15(19)18-11/h5-6,8-9,12,17H,3-4,7H2,1-2H3. The SMILES string of the molecule is CCCNC(Cc1cn2ccsc2n1)c1scc(C)c1Cl. The van der Waals surface area contributed by atoms with E-state index in [1.54, 1.807) is 22.7 Å². The molecule has 3 nitrogen and oxygen atoms in total. The van der Waals surface area contributed by atoms with Crippen molar-refractivity contribution in [3.63, 3.8) is 0 Å². The second kappa shape index (κ2) is 6.48. The molecule has 112 valence electrons. The first-order valence-electron chi connectivity index (χ1n) is 7.07. The molecule has 6 heteroatoms. The van der Waals surface area contributed by atoms with Crippen molar-refractivity contribution in [1.29, 1.82) is 0 Å². The molecule has 0 aliphatic rings. The lowest BCUT2D eigenvalue weighted by Crippen LogP contribution is -2.23. The first-order chi connectivity index (χ1) is 10.2. The van der Waals surface area contributed by atoms with E-state index in [1.807, 2.05) is 6.20 Å². The first kappa shape index (κ1) is 15.0. The predicted molar refractivity (Wildman–Crippen MR) is 91.9 cm³/mol. The normalized spacial score (nSPS) is 13.1. The molecule has 1 unspecified atom stereocenters. The molecule has 3 aromatic heterocycles. The lowest BCUT2D eigenvalue weighted by molar-refractivity contribution is 0.532. The summed E-state index contributed by atoms with van der Waals surface area (Å²) in [5.74, 6) is 0. The van der Waals surface area contributed by atoms with Gasteiger partial charge in [-0.15, -0.1) is 22.7 Å². The summed E-state index contributed by atoms with van der Waals surface area (Å²) in [7, 11) is 0. The summed E-state index contributed by atoms with van der Waals surface area (Å²) in [6, 6.07) is 0.237. The average molecular weight is 340 g/mol. The number of thiophene rings is 1. The van der Waals surface area contributed by atoms with Gasteiger partial charge in [0.05, 0.1) is 10.7 Å². The van der Waals surface area contributed by atoms with E-state index in [0.717, 1.165) is 40.6 Å². The molecule has 0 aliphatic carbocycles. The van der Waals surface area contributed by atoms with Gasteiger partial charge in [-0.2, -0.15) is 0 Å². The van der Waals surface area contributed by atoms with Gasteiger partial charge in [0.15, 0.2) is 4.96 Å². The van der Waals surface area contributed by atoms with Gasteiger partial charge in [-0.05, 0) is 30.8 Å². The maximum atomic E-state index is 6.45. The number of aryl methyl sites for hydroxylation is 1. The lowest BCUT2D eigenvalue weighted by Gasteiger charge is -2.16. The third kappa shape index (κ3) is 3.16. The Bertz CT molecular complexity index is 700. The lowest BCUT2D eigenvalue weighted by atomic mass is 10.1. The fourth-order valence-electron chi connectivity index (χ4n) is 2.34. The van der Waals surface area contributed by atoms with E-state index >= 15 is 0 Å². The Balaban J connectivity index is 1.85. The van der Waals surface area contributed by atoms with Crippen LogP contribution >= 0.6 is 34.3 Å². The largest absolute Gasteiger partial charge is 0.309 e. The van der Waals surface area contributed by atoms with E-state index in [9.17, 15) is 0 Å². The molecule has 0 bridgehead atoms. The third-order valence-corrected chi connectivity index (χ3v) is 6.04. The zero-order valence-corrected chi connectivity index (χ0v) is 14.5. The number of imidazole rings is 1. The Labute approximate surface area is 137 Å². The molecule has 0 saturated heterocycles. The molecular weight excluding hydrogens is 322 g/mol. The quantitative estimate of drug-likeness (QED) is 0.705. The predicted octanol–water partition coefficient (Wildman–Crippen LogP) is 4.70. The molecule has 1 atom stereocenters. The van der Waals surface area contributed by atoms with Crippen molar-refractivity contribution in [1.82, 2.24) is 14.7 Å². The van der Waals surface area contributed by atoms with Crippen LogP contribution < -0.4 is 5.32 Å². The summed E-state index contributed by atoms with van der Waals surface area (Å²) in [5, 5.41) is 8.69. The monoisotopic (exact) mass is 339 g/mol. The molecular formula is C15H18ClN3S2. The van der Waals surface area contributed by atoms with Crippen molar-refractivity contribution < 1.29 is 0 Å². The molecule has 1 N–H and O–H groups in total. The van der Waals surface area contributed by atoms with Crippen LogP contribution in [0.1, 0.15) is 35.5 Å². The van der Waals surface area contributed by atoms with Gasteiger partial charge >= 0.3 is 0 Å². The molecule has 0 aromatic carbocycles. The Hall–Kier alpha value is -0.880. The summed E-state index contributed by atoms with van der Waals surface area (Å²) in [5.41, 5.74) is 2.27. The molecule has 0 aliphatic heterocycles. The number of halogens is 1. The number of hydrogen-bond acceptors (Lipinski definition) is 4. The van der Waals surface area contributed by atoms with Crippen molar-refractivity contribution >= 4 is 39.2 Å².